The van der Waals surface area contributed by atoms with Gasteiger partial charge in [-0.05, 0) is 62.7 Å². The fourth-order valence-corrected chi connectivity index (χ4v) is 8.42. The van der Waals surface area contributed by atoms with Crippen LogP contribution in [0.25, 0.3) is 0 Å². The number of alkyl halides is 3. The lowest BCUT2D eigenvalue weighted by Gasteiger charge is -2.29. The Balaban J connectivity index is 1.40. The fraction of sp³-hybridized carbons (Fsp3) is 0.778. The van der Waals surface area contributed by atoms with Gasteiger partial charge in [-0.15, -0.1) is 22.7 Å². The number of thiazole rings is 2. The number of hydrogen-bond acceptors (Lipinski definition) is 5. The molecular weight excluding hydrogens is 489 g/mol. The smallest absolute Gasteiger partial charge is 0.378 e. The first kappa shape index (κ1) is 27.1. The molecule has 0 aromatic carbocycles. The molecule has 35 heavy (non-hydrogen) atoms. The number of halogens is 3. The Hall–Kier alpha value is -0.990. The zero-order chi connectivity index (χ0) is 25.2. The Morgan fingerprint density at radius 2 is 1.49 bits per heavy atom. The first-order valence-electron chi connectivity index (χ1n) is 13.2. The van der Waals surface area contributed by atoms with Gasteiger partial charge in [0.25, 0.3) is 0 Å². The van der Waals surface area contributed by atoms with Crippen molar-refractivity contribution in [3.05, 3.63) is 31.2 Å². The molecular formula is C27H39F3N2OS2. The van der Waals surface area contributed by atoms with Crippen molar-refractivity contribution in [1.29, 1.82) is 0 Å². The van der Waals surface area contributed by atoms with E-state index >= 15 is 0 Å². The molecule has 0 spiro atoms. The first-order chi connectivity index (χ1) is 16.7. The normalized spacial score (nSPS) is 23.2. The van der Waals surface area contributed by atoms with E-state index in [1.165, 1.54) is 21.2 Å². The van der Waals surface area contributed by atoms with Crippen LogP contribution in [-0.2, 0) is 17.5 Å². The number of nitrogens with zero attached hydrogens (tertiary/aromatic N) is 2. The summed E-state index contributed by atoms with van der Waals surface area (Å²) in [7, 11) is 1.72. The maximum atomic E-state index is 13.8. The first-order valence-corrected chi connectivity index (χ1v) is 14.9. The van der Waals surface area contributed by atoms with Crippen LogP contribution in [0.2, 0.25) is 0 Å². The van der Waals surface area contributed by atoms with E-state index in [0.29, 0.717) is 34.2 Å². The predicted octanol–water partition coefficient (Wildman–Crippen LogP) is 9.40. The van der Waals surface area contributed by atoms with Crippen molar-refractivity contribution >= 4 is 22.7 Å². The third-order valence-electron chi connectivity index (χ3n) is 7.76. The summed E-state index contributed by atoms with van der Waals surface area (Å²) in [5.74, 6) is 1.58. The van der Waals surface area contributed by atoms with Crippen molar-refractivity contribution in [3.8, 4) is 0 Å². The molecule has 1 unspecified atom stereocenters. The summed E-state index contributed by atoms with van der Waals surface area (Å²) in [6.07, 6.45) is 5.95. The molecule has 0 amide bonds. The van der Waals surface area contributed by atoms with Crippen LogP contribution in [-0.4, -0.2) is 17.1 Å². The summed E-state index contributed by atoms with van der Waals surface area (Å²) in [6, 6.07) is 0. The average Bonchev–Trinajstić information content (AvgIpc) is 3.46. The minimum atomic E-state index is -4.36. The van der Waals surface area contributed by atoms with E-state index in [0.717, 1.165) is 69.9 Å². The second-order valence-electron chi connectivity index (χ2n) is 10.9. The van der Waals surface area contributed by atoms with Crippen molar-refractivity contribution in [2.24, 2.45) is 5.92 Å². The van der Waals surface area contributed by atoms with E-state index in [1.807, 2.05) is 11.3 Å². The summed E-state index contributed by atoms with van der Waals surface area (Å²) in [5.41, 5.74) is 0.493. The zero-order valence-electron chi connectivity index (χ0n) is 21.4. The van der Waals surface area contributed by atoms with Gasteiger partial charge in [-0.3, -0.25) is 0 Å². The lowest BCUT2D eigenvalue weighted by Crippen LogP contribution is -2.16. The molecule has 0 saturated heterocycles. The minimum absolute atomic E-state index is 0.0331. The van der Waals surface area contributed by atoms with Crippen molar-refractivity contribution in [1.82, 2.24) is 9.97 Å². The Morgan fingerprint density at radius 1 is 0.857 bits per heavy atom. The predicted molar refractivity (Wildman–Crippen MR) is 138 cm³/mol. The van der Waals surface area contributed by atoms with E-state index in [1.54, 1.807) is 7.11 Å². The molecule has 2 aromatic heterocycles. The highest BCUT2D eigenvalue weighted by molar-refractivity contribution is 7.12. The highest BCUT2D eigenvalue weighted by Crippen LogP contribution is 2.47. The quantitative estimate of drug-likeness (QED) is 0.342. The van der Waals surface area contributed by atoms with E-state index in [4.69, 9.17) is 9.72 Å². The Morgan fingerprint density at radius 3 is 2.09 bits per heavy atom. The Labute approximate surface area is 215 Å². The summed E-state index contributed by atoms with van der Waals surface area (Å²) in [4.78, 5) is 10.9. The van der Waals surface area contributed by atoms with Crippen LogP contribution in [0.5, 0.6) is 0 Å². The van der Waals surface area contributed by atoms with Gasteiger partial charge in [-0.25, -0.2) is 9.97 Å². The highest BCUT2D eigenvalue weighted by atomic mass is 32.1. The molecule has 2 fully saturated rings. The van der Waals surface area contributed by atoms with Crippen molar-refractivity contribution < 1.29 is 17.9 Å². The number of ether oxygens (including phenoxy) is 1. The van der Waals surface area contributed by atoms with Crippen LogP contribution >= 0.6 is 22.7 Å². The summed E-state index contributed by atoms with van der Waals surface area (Å²) in [6.45, 7) is 6.99. The van der Waals surface area contributed by atoms with Crippen LogP contribution in [0.4, 0.5) is 13.2 Å². The Kier molecular flexibility index (Phi) is 8.96. The molecule has 4 rings (SSSR count). The van der Waals surface area contributed by atoms with Gasteiger partial charge >= 0.3 is 6.18 Å². The minimum Gasteiger partial charge on any atom is -0.378 e. The van der Waals surface area contributed by atoms with Gasteiger partial charge in [0.05, 0.1) is 22.3 Å². The largest absolute Gasteiger partial charge is 0.434 e. The average molecular weight is 529 g/mol. The van der Waals surface area contributed by atoms with E-state index in [2.05, 4.69) is 25.8 Å². The molecule has 2 aliphatic carbocycles. The molecule has 2 saturated carbocycles. The van der Waals surface area contributed by atoms with Crippen molar-refractivity contribution in [2.45, 2.75) is 121 Å². The second kappa shape index (κ2) is 11.6. The monoisotopic (exact) mass is 528 g/mol. The maximum Gasteiger partial charge on any atom is 0.434 e. The van der Waals surface area contributed by atoms with E-state index in [-0.39, 0.29) is 11.8 Å². The molecule has 0 radical (unpaired) electrons. The van der Waals surface area contributed by atoms with Gasteiger partial charge in [0.1, 0.15) is 0 Å². The summed E-state index contributed by atoms with van der Waals surface area (Å²) >= 11 is 3.19. The molecule has 2 aromatic rings. The third-order valence-corrected chi connectivity index (χ3v) is 10.8. The van der Waals surface area contributed by atoms with Crippen molar-refractivity contribution in [2.75, 3.05) is 7.11 Å². The van der Waals surface area contributed by atoms with Gasteiger partial charge in [-0.2, -0.15) is 13.2 Å². The fourth-order valence-electron chi connectivity index (χ4n) is 5.85. The summed E-state index contributed by atoms with van der Waals surface area (Å²) < 4.78 is 46.9. The molecule has 0 N–H and O–H groups in total. The molecule has 2 aliphatic rings. The molecule has 1 atom stereocenters. The lowest BCUT2D eigenvalue weighted by atomic mass is 9.77. The third kappa shape index (κ3) is 6.48. The SMILES string of the molecule is COCc1nc(C(C)C)sc1C1CCC(CC(C)c2nc(C(F)(F)F)c(C3CCCCC3)s2)CC1. The van der Waals surface area contributed by atoms with Crippen LogP contribution in [0.1, 0.15) is 140 Å². The zero-order valence-corrected chi connectivity index (χ0v) is 23.1. The molecule has 0 bridgehead atoms. The van der Waals surface area contributed by atoms with Gasteiger partial charge in [0.15, 0.2) is 5.69 Å². The maximum absolute atomic E-state index is 13.8. The highest BCUT2D eigenvalue weighted by Gasteiger charge is 2.40. The number of methoxy groups -OCH3 is 1. The summed E-state index contributed by atoms with van der Waals surface area (Å²) in [5, 5.41) is 1.87. The molecule has 3 nitrogen and oxygen atoms in total. The molecule has 2 heterocycles. The standard InChI is InChI=1S/C27H39F3N2OS2/c1-16(2)25-31-21(15-33-4)22(34-25)20-12-10-18(11-13-20)14-17(3)26-32-24(27(28,29)30)23(35-26)19-8-6-5-7-9-19/h16-20H,5-15H2,1-4H3. The van der Waals surface area contributed by atoms with E-state index in [9.17, 15) is 13.2 Å². The van der Waals surface area contributed by atoms with Crippen LogP contribution in [0.15, 0.2) is 0 Å². The van der Waals surface area contributed by atoms with Gasteiger partial charge in [0, 0.05) is 28.7 Å². The lowest BCUT2D eigenvalue weighted by molar-refractivity contribution is -0.141. The number of hydrogen-bond donors (Lipinski definition) is 0. The van der Waals surface area contributed by atoms with Crippen LogP contribution < -0.4 is 0 Å². The topological polar surface area (TPSA) is 35.0 Å². The number of rotatable bonds is 8. The van der Waals surface area contributed by atoms with Crippen molar-refractivity contribution in [3.63, 3.8) is 0 Å². The van der Waals surface area contributed by atoms with Gasteiger partial charge < -0.3 is 4.74 Å². The molecule has 196 valence electrons. The van der Waals surface area contributed by atoms with Gasteiger partial charge in [-0.1, -0.05) is 40.0 Å². The molecule has 0 aliphatic heterocycles. The van der Waals surface area contributed by atoms with Crippen LogP contribution in [0, 0.1) is 5.92 Å². The van der Waals surface area contributed by atoms with E-state index < -0.39 is 11.9 Å². The second-order valence-corrected chi connectivity index (χ2v) is 13.0. The number of aromatic nitrogens is 2. The van der Waals surface area contributed by atoms with Gasteiger partial charge in [0.2, 0.25) is 0 Å². The Bertz CT molecular complexity index is 954. The van der Waals surface area contributed by atoms with Crippen LogP contribution in [0.3, 0.4) is 0 Å². The molecule has 8 heteroatoms.